The molecule has 7 nitrogen and oxygen atoms in total. The van der Waals surface area contributed by atoms with Crippen molar-refractivity contribution < 1.29 is 14.8 Å². The summed E-state index contributed by atoms with van der Waals surface area (Å²) in [6, 6.07) is 6.74. The molecule has 0 saturated carbocycles. The van der Waals surface area contributed by atoms with Crippen molar-refractivity contribution in [2.24, 2.45) is 0 Å². The fraction of sp³-hybridized carbons (Fsp3) is 0.188. The topological polar surface area (TPSA) is 94.6 Å². The fourth-order valence-corrected chi connectivity index (χ4v) is 2.50. The van der Waals surface area contributed by atoms with Crippen molar-refractivity contribution in [3.8, 4) is 11.5 Å². The van der Waals surface area contributed by atoms with E-state index in [0.717, 1.165) is 0 Å². The first-order chi connectivity index (χ1) is 10.8. The van der Waals surface area contributed by atoms with Crippen molar-refractivity contribution in [1.82, 2.24) is 4.57 Å². The van der Waals surface area contributed by atoms with Crippen LogP contribution in [0.15, 0.2) is 47.4 Å². The van der Waals surface area contributed by atoms with E-state index in [4.69, 9.17) is 4.74 Å². The zero-order chi connectivity index (χ0) is 16.8. The summed E-state index contributed by atoms with van der Waals surface area (Å²) in [4.78, 5) is 22.7. The van der Waals surface area contributed by atoms with Crippen molar-refractivity contribution >= 4 is 11.4 Å². The number of ether oxygens (including phenoxy) is 1. The third-order valence-corrected chi connectivity index (χ3v) is 3.46. The molecule has 1 aliphatic rings. The van der Waals surface area contributed by atoms with Crippen LogP contribution in [-0.2, 0) is 0 Å². The van der Waals surface area contributed by atoms with Gasteiger partial charge >= 0.3 is 0 Å². The van der Waals surface area contributed by atoms with Gasteiger partial charge in [-0.05, 0) is 32.1 Å². The Morgan fingerprint density at radius 1 is 1.26 bits per heavy atom. The molecule has 0 atom stereocenters. The van der Waals surface area contributed by atoms with Crippen molar-refractivity contribution in [2.75, 3.05) is 0 Å². The number of hydrogen-bond donors (Lipinski definition) is 1. The number of fused-ring (bicyclic) bond motifs is 1. The number of nitrogens with zero attached hydrogens (tertiary/aromatic N) is 2. The maximum Gasteiger partial charge on any atom is 0.270 e. The van der Waals surface area contributed by atoms with Gasteiger partial charge in [0.2, 0.25) is 0 Å². The van der Waals surface area contributed by atoms with Crippen molar-refractivity contribution in [3.05, 3.63) is 68.6 Å². The Hall–Kier alpha value is -3.09. The number of pyridine rings is 1. The van der Waals surface area contributed by atoms with Crippen LogP contribution in [0.1, 0.15) is 19.4 Å². The molecule has 0 fully saturated rings. The van der Waals surface area contributed by atoms with Gasteiger partial charge in [0.1, 0.15) is 17.1 Å². The van der Waals surface area contributed by atoms with Crippen LogP contribution in [0.25, 0.3) is 5.70 Å². The predicted octanol–water partition coefficient (Wildman–Crippen LogP) is 2.52. The molecule has 0 saturated heterocycles. The molecular weight excluding hydrogens is 300 g/mol. The average Bonchev–Trinajstić information content (AvgIpc) is 2.47. The number of nitro groups is 1. The number of rotatable bonds is 2. The highest BCUT2D eigenvalue weighted by Gasteiger charge is 2.29. The van der Waals surface area contributed by atoms with Crippen molar-refractivity contribution in [2.45, 2.75) is 19.4 Å². The highest BCUT2D eigenvalue weighted by atomic mass is 16.6. The summed E-state index contributed by atoms with van der Waals surface area (Å²) in [6.07, 6.45) is 2.97. The van der Waals surface area contributed by atoms with Gasteiger partial charge in [-0.25, -0.2) is 0 Å². The van der Waals surface area contributed by atoms with Crippen molar-refractivity contribution in [1.29, 1.82) is 0 Å². The molecule has 1 aliphatic heterocycles. The molecule has 2 aromatic rings. The Balaban J connectivity index is 2.28. The van der Waals surface area contributed by atoms with Crippen LogP contribution in [-0.4, -0.2) is 20.2 Å². The van der Waals surface area contributed by atoms with Crippen LogP contribution >= 0.6 is 0 Å². The Bertz CT molecular complexity index is 896. The largest absolute Gasteiger partial charge is 0.506 e. The molecule has 0 amide bonds. The van der Waals surface area contributed by atoms with Crippen LogP contribution in [0.5, 0.6) is 11.5 Å². The molecule has 0 spiro atoms. The van der Waals surface area contributed by atoms with E-state index in [0.29, 0.717) is 17.0 Å². The minimum atomic E-state index is -0.705. The second-order valence-corrected chi connectivity index (χ2v) is 5.77. The van der Waals surface area contributed by atoms with Gasteiger partial charge in [0.05, 0.1) is 16.8 Å². The molecule has 0 aliphatic carbocycles. The first-order valence-corrected chi connectivity index (χ1v) is 6.89. The molecule has 3 rings (SSSR count). The van der Waals surface area contributed by atoms with Gasteiger partial charge in [0.25, 0.3) is 11.2 Å². The van der Waals surface area contributed by atoms with E-state index in [-0.39, 0.29) is 17.0 Å². The first-order valence-electron chi connectivity index (χ1n) is 6.89. The first kappa shape index (κ1) is 14.8. The van der Waals surface area contributed by atoms with Gasteiger partial charge in [0, 0.05) is 23.8 Å². The fourth-order valence-electron chi connectivity index (χ4n) is 2.50. The van der Waals surface area contributed by atoms with Crippen LogP contribution in [0, 0.1) is 10.1 Å². The molecule has 118 valence electrons. The van der Waals surface area contributed by atoms with Gasteiger partial charge in [-0.1, -0.05) is 0 Å². The maximum atomic E-state index is 12.1. The van der Waals surface area contributed by atoms with Gasteiger partial charge < -0.3 is 9.84 Å². The highest BCUT2D eigenvalue weighted by Crippen LogP contribution is 2.38. The van der Waals surface area contributed by atoms with E-state index in [1.54, 1.807) is 6.08 Å². The van der Waals surface area contributed by atoms with E-state index < -0.39 is 10.5 Å². The summed E-state index contributed by atoms with van der Waals surface area (Å²) in [5, 5.41) is 20.7. The molecule has 23 heavy (non-hydrogen) atoms. The molecule has 7 heteroatoms. The lowest BCUT2D eigenvalue weighted by atomic mass is 9.98. The lowest BCUT2D eigenvalue weighted by Gasteiger charge is -2.31. The minimum absolute atomic E-state index is 0.0817. The Labute approximate surface area is 131 Å². The highest BCUT2D eigenvalue weighted by molar-refractivity contribution is 5.75. The molecule has 0 unspecified atom stereocenters. The molecule has 1 aromatic carbocycles. The number of aromatic nitrogens is 1. The van der Waals surface area contributed by atoms with Gasteiger partial charge in [-0.3, -0.25) is 19.5 Å². The smallest absolute Gasteiger partial charge is 0.270 e. The van der Waals surface area contributed by atoms with E-state index >= 15 is 0 Å². The van der Waals surface area contributed by atoms with Gasteiger partial charge in [0.15, 0.2) is 0 Å². The molecule has 1 N–H and O–H groups in total. The maximum absolute atomic E-state index is 12.1. The third kappa shape index (κ3) is 2.68. The van der Waals surface area contributed by atoms with E-state index in [1.165, 1.54) is 41.1 Å². The quantitative estimate of drug-likeness (QED) is 0.679. The zero-order valence-corrected chi connectivity index (χ0v) is 12.5. The number of aromatic hydroxyl groups is 1. The third-order valence-electron chi connectivity index (χ3n) is 3.46. The SMILES string of the molecule is CC1(C)C=C(n2cc(O)ccc2=O)c2cc([N+](=O)[O-])ccc2O1. The number of hydrogen-bond acceptors (Lipinski definition) is 5. The van der Waals surface area contributed by atoms with Gasteiger partial charge in [-0.2, -0.15) is 0 Å². The summed E-state index contributed by atoms with van der Waals surface area (Å²) < 4.78 is 7.05. The summed E-state index contributed by atoms with van der Waals surface area (Å²) in [5.41, 5.74) is -0.314. The Kier molecular flexibility index (Phi) is 3.21. The van der Waals surface area contributed by atoms with Crippen LogP contribution < -0.4 is 10.3 Å². The van der Waals surface area contributed by atoms with Crippen molar-refractivity contribution in [3.63, 3.8) is 0 Å². The zero-order valence-electron chi connectivity index (χ0n) is 12.5. The monoisotopic (exact) mass is 314 g/mol. The normalized spacial score (nSPS) is 15.3. The predicted molar refractivity (Wildman–Crippen MR) is 83.5 cm³/mol. The molecule has 2 heterocycles. The van der Waals surface area contributed by atoms with Crippen LogP contribution in [0.3, 0.4) is 0 Å². The van der Waals surface area contributed by atoms with Crippen LogP contribution in [0.2, 0.25) is 0 Å². The summed E-state index contributed by atoms with van der Waals surface area (Å²) in [7, 11) is 0. The number of nitro benzene ring substituents is 1. The minimum Gasteiger partial charge on any atom is -0.506 e. The second kappa shape index (κ2) is 4.98. The summed E-state index contributed by atoms with van der Waals surface area (Å²) in [6.45, 7) is 3.62. The van der Waals surface area contributed by atoms with Crippen LogP contribution in [0.4, 0.5) is 5.69 Å². The molecular formula is C16H14N2O5. The van der Waals surface area contributed by atoms with E-state index in [1.807, 2.05) is 13.8 Å². The summed E-state index contributed by atoms with van der Waals surface area (Å²) in [5.74, 6) is 0.357. The average molecular weight is 314 g/mol. The molecule has 0 bridgehead atoms. The van der Waals surface area contributed by atoms with E-state index in [9.17, 15) is 20.0 Å². The Morgan fingerprint density at radius 3 is 2.70 bits per heavy atom. The lowest BCUT2D eigenvalue weighted by molar-refractivity contribution is -0.384. The standard InChI is InChI=1S/C16H14N2O5/c1-16(2)8-13(17-9-11(19)4-6-15(17)20)12-7-10(18(21)22)3-5-14(12)23-16/h3-9,19H,1-2H3. The lowest BCUT2D eigenvalue weighted by Crippen LogP contribution is -2.32. The molecule has 0 radical (unpaired) electrons. The second-order valence-electron chi connectivity index (χ2n) is 5.77. The Morgan fingerprint density at radius 2 is 2.00 bits per heavy atom. The summed E-state index contributed by atoms with van der Waals surface area (Å²) >= 11 is 0. The van der Waals surface area contributed by atoms with Gasteiger partial charge in [-0.15, -0.1) is 0 Å². The van der Waals surface area contributed by atoms with E-state index in [2.05, 4.69) is 0 Å². The molecule has 1 aromatic heterocycles. The number of benzene rings is 1. The number of non-ortho nitro benzene ring substituents is 1.